The molecular formula is C9H10N4O4S. The number of rotatable bonds is 4. The first-order valence-corrected chi connectivity index (χ1v) is 5.82. The van der Waals surface area contributed by atoms with Gasteiger partial charge in [0.15, 0.2) is 0 Å². The van der Waals surface area contributed by atoms with Gasteiger partial charge in [-0.3, -0.25) is 0 Å². The third-order valence-corrected chi connectivity index (χ3v) is 3.13. The summed E-state index contributed by atoms with van der Waals surface area (Å²) in [6.07, 6.45) is 1.52. The van der Waals surface area contributed by atoms with Crippen LogP contribution < -0.4 is 5.32 Å². The molecule has 0 atom stereocenters. The number of nitro groups is 1. The number of nitrogens with zero attached hydrogens (tertiary/aromatic N) is 3. The van der Waals surface area contributed by atoms with Crippen LogP contribution in [0.1, 0.15) is 13.8 Å². The lowest BCUT2D eigenvalue weighted by Crippen LogP contribution is -2.40. The molecule has 2 aromatic heterocycles. The molecule has 2 rings (SSSR count). The maximum atomic E-state index is 11.0. The lowest BCUT2D eigenvalue weighted by Gasteiger charge is -2.20. The van der Waals surface area contributed by atoms with Gasteiger partial charge in [-0.05, 0) is 18.8 Å². The van der Waals surface area contributed by atoms with Crippen LogP contribution in [0.25, 0.3) is 4.96 Å². The van der Waals surface area contributed by atoms with Crippen LogP contribution in [0.4, 0.5) is 11.6 Å². The highest BCUT2D eigenvalue weighted by Crippen LogP contribution is 2.29. The zero-order valence-electron chi connectivity index (χ0n) is 9.58. The smallest absolute Gasteiger partial charge is 0.372 e. The van der Waals surface area contributed by atoms with Crippen molar-refractivity contribution in [2.45, 2.75) is 19.4 Å². The van der Waals surface area contributed by atoms with Crippen LogP contribution in [-0.4, -0.2) is 30.9 Å². The monoisotopic (exact) mass is 270 g/mol. The molecule has 0 bridgehead atoms. The van der Waals surface area contributed by atoms with Crippen LogP contribution in [0.15, 0.2) is 11.6 Å². The third-order valence-electron chi connectivity index (χ3n) is 2.38. The SMILES string of the molecule is CC(C)(Nc1nc2sccn2c1[N+](=O)[O-])C(=O)O. The van der Waals surface area contributed by atoms with Crippen LogP contribution in [0, 0.1) is 10.1 Å². The second-order valence-corrected chi connectivity index (χ2v) is 5.02. The van der Waals surface area contributed by atoms with Crippen molar-refractivity contribution in [3.63, 3.8) is 0 Å². The van der Waals surface area contributed by atoms with Crippen molar-refractivity contribution in [1.82, 2.24) is 9.38 Å². The number of hydrogen-bond donors (Lipinski definition) is 2. The minimum absolute atomic E-state index is 0.0424. The molecule has 0 unspecified atom stereocenters. The van der Waals surface area contributed by atoms with E-state index in [1.807, 2.05) is 0 Å². The number of nitrogens with one attached hydrogen (secondary N) is 1. The van der Waals surface area contributed by atoms with Gasteiger partial charge in [-0.2, -0.15) is 9.38 Å². The van der Waals surface area contributed by atoms with Crippen LogP contribution in [0.5, 0.6) is 0 Å². The average molecular weight is 270 g/mol. The van der Waals surface area contributed by atoms with Gasteiger partial charge < -0.3 is 20.5 Å². The Morgan fingerprint density at radius 2 is 2.33 bits per heavy atom. The Kier molecular flexibility index (Phi) is 2.70. The first kappa shape index (κ1) is 12.3. The number of anilines is 1. The van der Waals surface area contributed by atoms with Crippen molar-refractivity contribution in [2.75, 3.05) is 5.32 Å². The zero-order valence-corrected chi connectivity index (χ0v) is 10.4. The first-order valence-electron chi connectivity index (χ1n) is 4.94. The summed E-state index contributed by atoms with van der Waals surface area (Å²) in [5.74, 6) is -1.42. The molecular weight excluding hydrogens is 260 g/mol. The number of aliphatic carboxylic acids is 1. The molecule has 0 aromatic carbocycles. The van der Waals surface area contributed by atoms with Gasteiger partial charge >= 0.3 is 11.8 Å². The molecule has 8 nitrogen and oxygen atoms in total. The number of imidazole rings is 1. The van der Waals surface area contributed by atoms with E-state index in [9.17, 15) is 14.9 Å². The summed E-state index contributed by atoms with van der Waals surface area (Å²) >= 11 is 1.23. The summed E-state index contributed by atoms with van der Waals surface area (Å²) in [6.45, 7) is 2.82. The predicted molar refractivity (Wildman–Crippen MR) is 65.1 cm³/mol. The molecule has 2 heterocycles. The van der Waals surface area contributed by atoms with Crippen LogP contribution >= 0.6 is 11.3 Å². The molecule has 0 saturated heterocycles. The summed E-state index contributed by atoms with van der Waals surface area (Å²) in [7, 11) is 0. The summed E-state index contributed by atoms with van der Waals surface area (Å²) in [5.41, 5.74) is -1.34. The van der Waals surface area contributed by atoms with Gasteiger partial charge in [-0.1, -0.05) is 11.3 Å². The standard InChI is InChI=1S/C9H10N4O4S/c1-9(2,7(14)15)11-5-6(13(16)17)12-3-4-18-8(12)10-5/h3-4,11H,1-2H3,(H,14,15). The topological polar surface area (TPSA) is 110 Å². The van der Waals surface area contributed by atoms with Gasteiger partial charge in [0.1, 0.15) is 11.7 Å². The Morgan fingerprint density at radius 1 is 1.67 bits per heavy atom. The van der Waals surface area contributed by atoms with Crippen molar-refractivity contribution in [3.8, 4) is 0 Å². The second-order valence-electron chi connectivity index (χ2n) is 4.15. The molecule has 0 amide bonds. The Hall–Kier alpha value is -2.16. The van der Waals surface area contributed by atoms with E-state index in [1.165, 1.54) is 35.8 Å². The minimum atomic E-state index is -1.34. The molecule has 9 heteroatoms. The Balaban J connectivity index is 2.51. The highest BCUT2D eigenvalue weighted by Gasteiger charge is 2.33. The van der Waals surface area contributed by atoms with E-state index in [0.29, 0.717) is 4.96 Å². The fourth-order valence-corrected chi connectivity index (χ4v) is 2.09. The molecule has 2 aromatic rings. The summed E-state index contributed by atoms with van der Waals surface area (Å²) in [6, 6.07) is 0. The van der Waals surface area contributed by atoms with Crippen LogP contribution in [0.3, 0.4) is 0 Å². The average Bonchev–Trinajstić information content (AvgIpc) is 2.75. The summed E-state index contributed by atoms with van der Waals surface area (Å²) < 4.78 is 1.31. The lowest BCUT2D eigenvalue weighted by atomic mass is 10.1. The Bertz CT molecular complexity index is 630. The highest BCUT2D eigenvalue weighted by molar-refractivity contribution is 7.15. The number of hydrogen-bond acceptors (Lipinski definition) is 6. The van der Waals surface area contributed by atoms with E-state index in [0.717, 1.165) is 0 Å². The summed E-state index contributed by atoms with van der Waals surface area (Å²) in [5, 5.41) is 24.3. The quantitative estimate of drug-likeness (QED) is 0.644. The first-order chi connectivity index (χ1) is 8.33. The van der Waals surface area contributed by atoms with Gasteiger partial charge in [-0.15, -0.1) is 0 Å². The number of thiazole rings is 1. The molecule has 0 saturated carbocycles. The molecule has 2 N–H and O–H groups in total. The molecule has 0 aliphatic rings. The molecule has 96 valence electrons. The highest BCUT2D eigenvalue weighted by atomic mass is 32.1. The number of aromatic nitrogens is 2. The van der Waals surface area contributed by atoms with Crippen molar-refractivity contribution < 1.29 is 14.8 Å². The van der Waals surface area contributed by atoms with Crippen LogP contribution in [-0.2, 0) is 4.79 Å². The number of fused-ring (bicyclic) bond motifs is 1. The van der Waals surface area contributed by atoms with E-state index in [4.69, 9.17) is 5.11 Å². The number of carbonyl (C=O) groups is 1. The molecule has 0 fully saturated rings. The van der Waals surface area contributed by atoms with E-state index in [1.54, 1.807) is 5.38 Å². The maximum absolute atomic E-state index is 11.0. The third kappa shape index (κ3) is 1.88. The fourth-order valence-electron chi connectivity index (χ4n) is 1.38. The van der Waals surface area contributed by atoms with E-state index >= 15 is 0 Å². The van der Waals surface area contributed by atoms with Crippen LogP contribution in [0.2, 0.25) is 0 Å². The number of carboxylic acid groups (broad SMARTS) is 1. The Labute approximate surface area is 105 Å². The molecule has 0 spiro atoms. The summed E-state index contributed by atoms with van der Waals surface area (Å²) in [4.78, 5) is 25.9. The minimum Gasteiger partial charge on any atom is -0.480 e. The van der Waals surface area contributed by atoms with Gasteiger partial charge in [0.2, 0.25) is 5.82 Å². The van der Waals surface area contributed by atoms with Crippen molar-refractivity contribution in [3.05, 3.63) is 21.7 Å². The van der Waals surface area contributed by atoms with Crippen molar-refractivity contribution >= 4 is 33.9 Å². The van der Waals surface area contributed by atoms with E-state index in [-0.39, 0.29) is 11.6 Å². The normalized spacial score (nSPS) is 11.7. The van der Waals surface area contributed by atoms with Gasteiger partial charge in [-0.25, -0.2) is 4.79 Å². The lowest BCUT2D eigenvalue weighted by molar-refractivity contribution is -0.389. The molecule has 0 aliphatic heterocycles. The van der Waals surface area contributed by atoms with Crippen molar-refractivity contribution in [2.24, 2.45) is 0 Å². The predicted octanol–water partition coefficient (Wildman–Crippen LogP) is 1.58. The van der Waals surface area contributed by atoms with E-state index < -0.39 is 16.4 Å². The van der Waals surface area contributed by atoms with Gasteiger partial charge in [0, 0.05) is 5.38 Å². The van der Waals surface area contributed by atoms with Gasteiger partial charge in [0.25, 0.3) is 4.96 Å². The fraction of sp³-hybridized carbons (Fsp3) is 0.333. The molecule has 18 heavy (non-hydrogen) atoms. The largest absolute Gasteiger partial charge is 0.480 e. The Morgan fingerprint density at radius 3 is 2.89 bits per heavy atom. The zero-order chi connectivity index (χ0) is 13.5. The van der Waals surface area contributed by atoms with E-state index in [2.05, 4.69) is 10.3 Å². The van der Waals surface area contributed by atoms with Gasteiger partial charge in [0.05, 0.1) is 0 Å². The number of carboxylic acids is 1. The maximum Gasteiger partial charge on any atom is 0.372 e. The second kappa shape index (κ2) is 3.95. The molecule has 0 radical (unpaired) electrons. The van der Waals surface area contributed by atoms with Crippen molar-refractivity contribution in [1.29, 1.82) is 0 Å². The molecule has 0 aliphatic carbocycles.